The number of halogens is 5. The molecule has 5 heteroatoms. The molecule has 0 radical (unpaired) electrons. The molecular formula is C21H15Br5. The molecule has 0 saturated heterocycles. The molecule has 0 heterocycles. The topological polar surface area (TPSA) is 0 Å². The second kappa shape index (κ2) is 8.60. The van der Waals surface area contributed by atoms with Crippen LogP contribution in [-0.4, -0.2) is 0 Å². The van der Waals surface area contributed by atoms with Gasteiger partial charge in [-0.1, -0.05) is 76.6 Å². The maximum Gasteiger partial charge on any atom is 0.0541 e. The fraction of sp³-hybridized carbons (Fsp3) is 0.143. The highest BCUT2D eigenvalue weighted by Crippen LogP contribution is 2.52. The van der Waals surface area contributed by atoms with Crippen molar-refractivity contribution in [3.05, 3.63) is 101 Å². The van der Waals surface area contributed by atoms with Gasteiger partial charge in [-0.15, -0.1) is 0 Å². The summed E-state index contributed by atoms with van der Waals surface area (Å²) in [4.78, 5) is 0.0508. The van der Waals surface area contributed by atoms with E-state index >= 15 is 0 Å². The Labute approximate surface area is 196 Å². The summed E-state index contributed by atoms with van der Waals surface area (Å²) in [7, 11) is 0. The smallest absolute Gasteiger partial charge is 0.0541 e. The molecule has 0 aromatic heterocycles. The predicted molar refractivity (Wildman–Crippen MR) is 128 cm³/mol. The molecule has 0 fully saturated rings. The summed E-state index contributed by atoms with van der Waals surface area (Å²) in [5, 5.41) is 0. The first kappa shape index (κ1) is 20.8. The van der Waals surface area contributed by atoms with E-state index in [-0.39, 0.29) is 10.2 Å². The van der Waals surface area contributed by atoms with Crippen molar-refractivity contribution in [2.24, 2.45) is 0 Å². The molecule has 0 amide bonds. The zero-order valence-corrected chi connectivity index (χ0v) is 21.7. The Morgan fingerprint density at radius 2 is 1.15 bits per heavy atom. The summed E-state index contributed by atoms with van der Waals surface area (Å²) in [6.07, 6.45) is 0. The lowest BCUT2D eigenvalue weighted by Gasteiger charge is -2.37. The highest BCUT2D eigenvalue weighted by atomic mass is 79.9. The van der Waals surface area contributed by atoms with Crippen LogP contribution in [0.4, 0.5) is 0 Å². The third kappa shape index (κ3) is 3.80. The Morgan fingerprint density at radius 3 is 1.62 bits per heavy atom. The van der Waals surface area contributed by atoms with Gasteiger partial charge in [-0.2, -0.15) is 0 Å². The Kier molecular flexibility index (Phi) is 6.88. The summed E-state index contributed by atoms with van der Waals surface area (Å²) in [6, 6.07) is 23.4. The SMILES string of the molecule is CC(c1ccccc1)(c1ccccc1)C(Br)c1cc(Br)c(Br)c(Br)c1Br. The molecule has 0 aliphatic heterocycles. The fourth-order valence-electron chi connectivity index (χ4n) is 3.11. The van der Waals surface area contributed by atoms with Crippen LogP contribution in [0.2, 0.25) is 0 Å². The van der Waals surface area contributed by atoms with Crippen LogP contribution in [0.15, 0.2) is 84.6 Å². The van der Waals surface area contributed by atoms with Gasteiger partial charge in [-0.05, 0) is 93.4 Å². The minimum atomic E-state index is -0.252. The maximum atomic E-state index is 4.04. The van der Waals surface area contributed by atoms with Crippen molar-refractivity contribution in [1.29, 1.82) is 0 Å². The summed E-state index contributed by atoms with van der Waals surface area (Å²) >= 11 is 18.8. The Hall–Kier alpha value is 0.0600. The molecule has 0 aliphatic rings. The Balaban J connectivity index is 2.24. The molecule has 3 rings (SSSR count). The van der Waals surface area contributed by atoms with E-state index in [0.717, 1.165) is 17.9 Å². The molecule has 26 heavy (non-hydrogen) atoms. The summed E-state index contributed by atoms with van der Waals surface area (Å²) in [5.74, 6) is 0. The van der Waals surface area contributed by atoms with E-state index in [0.29, 0.717) is 0 Å². The quantitative estimate of drug-likeness (QED) is 0.148. The van der Waals surface area contributed by atoms with E-state index < -0.39 is 0 Å². The molecule has 0 N–H and O–H groups in total. The van der Waals surface area contributed by atoms with Gasteiger partial charge in [0.15, 0.2) is 0 Å². The normalized spacial score (nSPS) is 12.8. The van der Waals surface area contributed by atoms with Crippen molar-refractivity contribution in [3.8, 4) is 0 Å². The van der Waals surface area contributed by atoms with Crippen molar-refractivity contribution in [2.45, 2.75) is 17.2 Å². The lowest BCUT2D eigenvalue weighted by atomic mass is 9.72. The average molecular weight is 667 g/mol. The van der Waals surface area contributed by atoms with Crippen molar-refractivity contribution in [2.75, 3.05) is 0 Å². The number of alkyl halides is 1. The van der Waals surface area contributed by atoms with Gasteiger partial charge >= 0.3 is 0 Å². The number of benzene rings is 3. The monoisotopic (exact) mass is 662 g/mol. The molecule has 0 spiro atoms. The van der Waals surface area contributed by atoms with Gasteiger partial charge in [0.05, 0.1) is 4.83 Å². The van der Waals surface area contributed by atoms with Gasteiger partial charge in [-0.25, -0.2) is 0 Å². The molecule has 3 aromatic rings. The van der Waals surface area contributed by atoms with Crippen molar-refractivity contribution < 1.29 is 0 Å². The molecule has 134 valence electrons. The van der Waals surface area contributed by atoms with Gasteiger partial charge in [0, 0.05) is 23.3 Å². The first-order chi connectivity index (χ1) is 12.4. The summed E-state index contributed by atoms with van der Waals surface area (Å²) in [5.41, 5.74) is 3.44. The Bertz CT molecular complexity index is 867. The van der Waals surface area contributed by atoms with E-state index in [2.05, 4.69) is 153 Å². The molecular weight excluding hydrogens is 652 g/mol. The Morgan fingerprint density at radius 1 is 0.692 bits per heavy atom. The molecule has 0 aliphatic carbocycles. The van der Waals surface area contributed by atoms with Gasteiger partial charge in [0.25, 0.3) is 0 Å². The molecule has 1 atom stereocenters. The van der Waals surface area contributed by atoms with Crippen molar-refractivity contribution in [1.82, 2.24) is 0 Å². The summed E-state index contributed by atoms with van der Waals surface area (Å²) < 4.78 is 4.03. The lowest BCUT2D eigenvalue weighted by molar-refractivity contribution is 0.560. The third-order valence-corrected chi connectivity index (χ3v) is 10.8. The van der Waals surface area contributed by atoms with Gasteiger partial charge < -0.3 is 0 Å². The highest BCUT2D eigenvalue weighted by molar-refractivity contribution is 9.15. The average Bonchev–Trinajstić information content (AvgIpc) is 2.69. The second-order valence-corrected chi connectivity index (χ2v) is 10.3. The van der Waals surface area contributed by atoms with Crippen molar-refractivity contribution >= 4 is 79.6 Å². The number of rotatable bonds is 4. The second-order valence-electron chi connectivity index (χ2n) is 6.19. The number of hydrogen-bond donors (Lipinski definition) is 0. The van der Waals surface area contributed by atoms with E-state index in [1.807, 2.05) is 0 Å². The van der Waals surface area contributed by atoms with Crippen LogP contribution in [0.3, 0.4) is 0 Å². The minimum Gasteiger partial charge on any atom is -0.0825 e. The van der Waals surface area contributed by atoms with Crippen LogP contribution >= 0.6 is 79.6 Å². The predicted octanol–water partition coefficient (Wildman–Crippen LogP) is 9.18. The molecule has 3 aromatic carbocycles. The zero-order valence-electron chi connectivity index (χ0n) is 13.8. The van der Waals surface area contributed by atoms with Gasteiger partial charge in [0.1, 0.15) is 0 Å². The van der Waals surface area contributed by atoms with E-state index in [9.17, 15) is 0 Å². The molecule has 0 bridgehead atoms. The summed E-state index contributed by atoms with van der Waals surface area (Å²) in [6.45, 7) is 2.29. The first-order valence-corrected chi connectivity index (χ1v) is 12.0. The van der Waals surface area contributed by atoms with E-state index in [4.69, 9.17) is 0 Å². The molecule has 1 unspecified atom stereocenters. The first-order valence-electron chi connectivity index (χ1n) is 7.95. The standard InChI is InChI=1S/C21H15Br5/c1-21(13-8-4-2-5-9-13,14-10-6-3-7-11-14)20(26)15-12-16(22)18(24)19(25)17(15)23/h2-12,20H,1H3. The minimum absolute atomic E-state index is 0.0508. The fourth-order valence-corrected chi connectivity index (χ4v) is 6.59. The largest absolute Gasteiger partial charge is 0.0825 e. The van der Waals surface area contributed by atoms with E-state index in [1.54, 1.807) is 0 Å². The van der Waals surface area contributed by atoms with E-state index in [1.165, 1.54) is 16.7 Å². The van der Waals surface area contributed by atoms with Crippen LogP contribution in [0.1, 0.15) is 28.4 Å². The highest BCUT2D eigenvalue weighted by Gasteiger charge is 2.38. The number of hydrogen-bond acceptors (Lipinski definition) is 0. The maximum absolute atomic E-state index is 4.04. The van der Waals surface area contributed by atoms with Crippen LogP contribution in [0.25, 0.3) is 0 Å². The van der Waals surface area contributed by atoms with Crippen molar-refractivity contribution in [3.63, 3.8) is 0 Å². The molecule has 0 nitrogen and oxygen atoms in total. The van der Waals surface area contributed by atoms with Crippen LogP contribution < -0.4 is 0 Å². The van der Waals surface area contributed by atoms with Crippen LogP contribution in [0.5, 0.6) is 0 Å². The van der Waals surface area contributed by atoms with Crippen LogP contribution in [0, 0.1) is 0 Å². The zero-order chi connectivity index (χ0) is 18.9. The van der Waals surface area contributed by atoms with Gasteiger partial charge in [0.2, 0.25) is 0 Å². The van der Waals surface area contributed by atoms with Crippen LogP contribution in [-0.2, 0) is 5.41 Å². The molecule has 0 saturated carbocycles. The third-order valence-electron chi connectivity index (χ3n) is 4.66. The van der Waals surface area contributed by atoms with Gasteiger partial charge in [-0.3, -0.25) is 0 Å². The lowest BCUT2D eigenvalue weighted by Crippen LogP contribution is -2.29.